The minimum Gasteiger partial charge on any atom is -0.490 e. The SMILES string of the molecule is O=C(CN1CCOCC1)N1CCC[C@@H]1c1cc(CCOc2ccccc2F)[nH]n1. The number of nitrogens with zero attached hydrogens (tertiary/aromatic N) is 3. The van der Waals surface area contributed by atoms with Gasteiger partial charge in [0.05, 0.1) is 38.1 Å². The lowest BCUT2D eigenvalue weighted by Gasteiger charge is -2.30. The van der Waals surface area contributed by atoms with E-state index in [1.54, 1.807) is 18.2 Å². The number of morpholine rings is 1. The monoisotopic (exact) mass is 402 g/mol. The number of H-pyrrole nitrogens is 1. The minimum atomic E-state index is -0.363. The average molecular weight is 402 g/mol. The molecule has 156 valence electrons. The van der Waals surface area contributed by atoms with Gasteiger partial charge in [-0.15, -0.1) is 0 Å². The Hall–Kier alpha value is -2.45. The molecule has 0 unspecified atom stereocenters. The van der Waals surface area contributed by atoms with Crippen LogP contribution in [0.5, 0.6) is 5.75 Å². The van der Waals surface area contributed by atoms with E-state index in [9.17, 15) is 9.18 Å². The average Bonchev–Trinajstić information content (AvgIpc) is 3.39. The lowest BCUT2D eigenvalue weighted by atomic mass is 10.1. The van der Waals surface area contributed by atoms with Crippen molar-refractivity contribution in [3.63, 3.8) is 0 Å². The van der Waals surface area contributed by atoms with E-state index < -0.39 is 0 Å². The van der Waals surface area contributed by atoms with Crippen molar-refractivity contribution in [3.8, 4) is 5.75 Å². The Kier molecular flexibility index (Phi) is 6.41. The highest BCUT2D eigenvalue weighted by atomic mass is 19.1. The first kappa shape index (κ1) is 19.8. The molecule has 0 saturated carbocycles. The van der Waals surface area contributed by atoms with E-state index in [1.807, 2.05) is 11.0 Å². The first-order valence-electron chi connectivity index (χ1n) is 10.2. The molecule has 29 heavy (non-hydrogen) atoms. The summed E-state index contributed by atoms with van der Waals surface area (Å²) < 4.78 is 24.5. The van der Waals surface area contributed by atoms with Gasteiger partial charge in [-0.2, -0.15) is 5.10 Å². The van der Waals surface area contributed by atoms with Crippen LogP contribution in [0.4, 0.5) is 4.39 Å². The Morgan fingerprint density at radius 1 is 1.28 bits per heavy atom. The molecule has 1 atom stereocenters. The number of carbonyl (C=O) groups excluding carboxylic acids is 1. The van der Waals surface area contributed by atoms with E-state index in [1.165, 1.54) is 6.07 Å². The molecule has 1 N–H and O–H groups in total. The van der Waals surface area contributed by atoms with Gasteiger partial charge in [-0.05, 0) is 31.0 Å². The van der Waals surface area contributed by atoms with Crippen molar-refractivity contribution in [1.82, 2.24) is 20.0 Å². The number of aromatic nitrogens is 2. The Morgan fingerprint density at radius 2 is 2.10 bits per heavy atom. The Morgan fingerprint density at radius 3 is 2.93 bits per heavy atom. The predicted molar refractivity (Wildman–Crippen MR) is 105 cm³/mol. The smallest absolute Gasteiger partial charge is 0.237 e. The number of halogens is 1. The molecule has 3 heterocycles. The molecule has 8 heteroatoms. The van der Waals surface area contributed by atoms with Crippen molar-refractivity contribution in [2.75, 3.05) is 46.0 Å². The first-order valence-corrected chi connectivity index (χ1v) is 10.2. The fraction of sp³-hybridized carbons (Fsp3) is 0.524. The zero-order valence-corrected chi connectivity index (χ0v) is 16.5. The number of carbonyl (C=O) groups is 1. The van der Waals surface area contributed by atoms with Crippen LogP contribution < -0.4 is 4.74 Å². The molecular formula is C21H27FN4O3. The molecule has 2 aromatic rings. The fourth-order valence-electron chi connectivity index (χ4n) is 3.93. The van der Waals surface area contributed by atoms with Crippen molar-refractivity contribution in [2.24, 2.45) is 0 Å². The van der Waals surface area contributed by atoms with Crippen LogP contribution in [0.1, 0.15) is 30.3 Å². The topological polar surface area (TPSA) is 70.7 Å². The molecule has 1 aromatic carbocycles. The summed E-state index contributed by atoms with van der Waals surface area (Å²) in [5, 5.41) is 7.47. The van der Waals surface area contributed by atoms with E-state index in [0.717, 1.165) is 43.9 Å². The van der Waals surface area contributed by atoms with Crippen LogP contribution in [0, 0.1) is 5.82 Å². The van der Waals surface area contributed by atoms with E-state index in [-0.39, 0.29) is 23.5 Å². The number of benzene rings is 1. The maximum Gasteiger partial charge on any atom is 0.237 e. The van der Waals surface area contributed by atoms with Crippen LogP contribution in [-0.4, -0.2) is 71.9 Å². The van der Waals surface area contributed by atoms with Gasteiger partial charge in [-0.3, -0.25) is 14.8 Å². The molecule has 0 spiro atoms. The maximum atomic E-state index is 13.6. The third-order valence-electron chi connectivity index (χ3n) is 5.49. The third-order valence-corrected chi connectivity index (χ3v) is 5.49. The van der Waals surface area contributed by atoms with Crippen LogP contribution in [-0.2, 0) is 16.0 Å². The molecule has 0 radical (unpaired) electrons. The summed E-state index contributed by atoms with van der Waals surface area (Å²) in [6.07, 6.45) is 2.50. The Labute approximate surface area is 169 Å². The predicted octanol–water partition coefficient (Wildman–Crippen LogP) is 2.17. The Bertz CT molecular complexity index is 822. The number of amides is 1. The quantitative estimate of drug-likeness (QED) is 0.769. The van der Waals surface area contributed by atoms with Gasteiger partial charge in [-0.1, -0.05) is 12.1 Å². The fourth-order valence-corrected chi connectivity index (χ4v) is 3.93. The number of para-hydroxylation sites is 1. The normalized spacial score (nSPS) is 20.2. The summed E-state index contributed by atoms with van der Waals surface area (Å²) in [6.45, 7) is 4.55. The molecule has 0 bridgehead atoms. The highest BCUT2D eigenvalue weighted by Crippen LogP contribution is 2.31. The number of likely N-dealkylation sites (tertiary alicyclic amines) is 1. The largest absolute Gasteiger partial charge is 0.490 e. The van der Waals surface area contributed by atoms with E-state index in [4.69, 9.17) is 9.47 Å². The zero-order valence-electron chi connectivity index (χ0n) is 16.5. The molecule has 4 rings (SSSR count). The lowest BCUT2D eigenvalue weighted by molar-refractivity contribution is -0.134. The van der Waals surface area contributed by atoms with Crippen LogP contribution in [0.25, 0.3) is 0 Å². The van der Waals surface area contributed by atoms with Gasteiger partial charge >= 0.3 is 0 Å². The second-order valence-electron chi connectivity index (χ2n) is 7.48. The first-order chi connectivity index (χ1) is 14.2. The summed E-state index contributed by atoms with van der Waals surface area (Å²) in [5.41, 5.74) is 1.81. The van der Waals surface area contributed by atoms with Crippen molar-refractivity contribution < 1.29 is 18.7 Å². The standard InChI is InChI=1S/C21H27FN4O3/c22-17-4-1-2-6-20(17)29-11-7-16-14-18(24-23-16)19-5-3-8-26(19)21(27)15-25-9-12-28-13-10-25/h1-2,4,6,14,19H,3,5,7-13,15H2,(H,23,24)/t19-/m1/s1. The Balaban J connectivity index is 1.31. The molecule has 2 aliphatic heterocycles. The van der Waals surface area contributed by atoms with Crippen molar-refractivity contribution in [2.45, 2.75) is 25.3 Å². The summed E-state index contributed by atoms with van der Waals surface area (Å²) in [4.78, 5) is 16.9. The molecule has 2 aliphatic rings. The molecule has 0 aliphatic carbocycles. The second-order valence-corrected chi connectivity index (χ2v) is 7.48. The number of hydrogen-bond donors (Lipinski definition) is 1. The van der Waals surface area contributed by atoms with Gasteiger partial charge in [0, 0.05) is 31.7 Å². The molecule has 2 fully saturated rings. The number of nitrogens with one attached hydrogen (secondary N) is 1. The summed E-state index contributed by atoms with van der Waals surface area (Å²) in [7, 11) is 0. The van der Waals surface area contributed by atoms with Crippen molar-refractivity contribution >= 4 is 5.91 Å². The van der Waals surface area contributed by atoms with E-state index >= 15 is 0 Å². The van der Waals surface area contributed by atoms with Crippen LogP contribution in [0.3, 0.4) is 0 Å². The van der Waals surface area contributed by atoms with Crippen molar-refractivity contribution in [1.29, 1.82) is 0 Å². The van der Waals surface area contributed by atoms with Gasteiger partial charge in [0.1, 0.15) is 0 Å². The van der Waals surface area contributed by atoms with E-state index in [2.05, 4.69) is 15.1 Å². The highest BCUT2D eigenvalue weighted by Gasteiger charge is 2.32. The van der Waals surface area contributed by atoms with Gasteiger partial charge in [-0.25, -0.2) is 4.39 Å². The molecular weight excluding hydrogens is 375 g/mol. The van der Waals surface area contributed by atoms with Gasteiger partial charge in [0.2, 0.25) is 5.91 Å². The summed E-state index contributed by atoms with van der Waals surface area (Å²) >= 11 is 0. The molecule has 7 nitrogen and oxygen atoms in total. The summed E-state index contributed by atoms with van der Waals surface area (Å²) in [6, 6.07) is 8.39. The molecule has 2 saturated heterocycles. The maximum absolute atomic E-state index is 13.6. The second kappa shape index (κ2) is 9.37. The third kappa shape index (κ3) is 4.94. The van der Waals surface area contributed by atoms with E-state index in [0.29, 0.717) is 32.8 Å². The lowest BCUT2D eigenvalue weighted by Crippen LogP contribution is -2.44. The van der Waals surface area contributed by atoms with Crippen LogP contribution >= 0.6 is 0 Å². The van der Waals surface area contributed by atoms with Crippen LogP contribution in [0.15, 0.2) is 30.3 Å². The zero-order chi connectivity index (χ0) is 20.1. The number of ether oxygens (including phenoxy) is 2. The molecule has 1 amide bonds. The minimum absolute atomic E-state index is 0.0148. The van der Waals surface area contributed by atoms with Crippen molar-refractivity contribution in [3.05, 3.63) is 47.5 Å². The van der Waals surface area contributed by atoms with Gasteiger partial charge < -0.3 is 14.4 Å². The highest BCUT2D eigenvalue weighted by molar-refractivity contribution is 5.79. The van der Waals surface area contributed by atoms with Gasteiger partial charge in [0.25, 0.3) is 0 Å². The molecule has 1 aromatic heterocycles. The van der Waals surface area contributed by atoms with Crippen LogP contribution in [0.2, 0.25) is 0 Å². The number of rotatable bonds is 7. The number of aromatic amines is 1. The number of hydrogen-bond acceptors (Lipinski definition) is 5. The van der Waals surface area contributed by atoms with Gasteiger partial charge in [0.15, 0.2) is 11.6 Å². The summed E-state index contributed by atoms with van der Waals surface area (Å²) in [5.74, 6) is 0.0444.